The molecule has 0 radical (unpaired) electrons. The molecule has 1 heterocycles. The molecule has 120 valence electrons. The number of nitrogens with zero attached hydrogens (tertiary/aromatic N) is 2. The fraction of sp³-hybridized carbons (Fsp3) is 0.444. The number of benzene rings is 1. The summed E-state index contributed by atoms with van der Waals surface area (Å²) in [5.74, 6) is 0.478. The fourth-order valence-electron chi connectivity index (χ4n) is 3.22. The van der Waals surface area contributed by atoms with Crippen molar-refractivity contribution in [3.05, 3.63) is 47.8 Å². The quantitative estimate of drug-likeness (QED) is 0.892. The molecule has 1 amide bonds. The summed E-state index contributed by atoms with van der Waals surface area (Å²) >= 11 is 0. The zero-order chi connectivity index (χ0) is 15.8. The largest absolute Gasteiger partial charge is 0.319 e. The van der Waals surface area contributed by atoms with Gasteiger partial charge < -0.3 is 10.6 Å². The van der Waals surface area contributed by atoms with E-state index in [9.17, 15) is 4.79 Å². The minimum Gasteiger partial charge on any atom is -0.319 e. The number of amides is 1. The summed E-state index contributed by atoms with van der Waals surface area (Å²) < 4.78 is 1.67. The van der Waals surface area contributed by atoms with E-state index < -0.39 is 0 Å². The third-order valence-corrected chi connectivity index (χ3v) is 4.89. The van der Waals surface area contributed by atoms with E-state index >= 15 is 0 Å². The van der Waals surface area contributed by atoms with E-state index in [-0.39, 0.29) is 5.91 Å². The van der Waals surface area contributed by atoms with Crippen LogP contribution in [-0.2, 0) is 7.05 Å². The number of aryl methyl sites for hydroxylation is 1. The van der Waals surface area contributed by atoms with Crippen LogP contribution in [0, 0.1) is 0 Å². The number of carbonyl (C=O) groups is 1. The maximum Gasteiger partial charge on any atom is 0.255 e. The van der Waals surface area contributed by atoms with Crippen molar-refractivity contribution in [2.24, 2.45) is 7.05 Å². The molecule has 2 atom stereocenters. The highest BCUT2D eigenvalue weighted by atomic mass is 16.1. The maximum atomic E-state index is 12.4. The van der Waals surface area contributed by atoms with Gasteiger partial charge in [0.15, 0.2) is 0 Å². The van der Waals surface area contributed by atoms with Gasteiger partial charge in [-0.15, -0.1) is 0 Å². The number of hydrogen-bond donors (Lipinski definition) is 2. The molecule has 0 unspecified atom stereocenters. The molecule has 1 aromatic heterocycles. The molecule has 0 aliphatic heterocycles. The van der Waals surface area contributed by atoms with Crippen molar-refractivity contribution in [2.45, 2.75) is 43.7 Å². The SMILES string of the molecule is Cn1cc(NC(=O)c2cccc([C@@H]3C[C@H]3NC3CCC3)c2)cn1. The van der Waals surface area contributed by atoms with Crippen molar-refractivity contribution >= 4 is 11.6 Å². The molecule has 5 heteroatoms. The van der Waals surface area contributed by atoms with E-state index in [2.05, 4.69) is 21.8 Å². The summed E-state index contributed by atoms with van der Waals surface area (Å²) in [4.78, 5) is 12.4. The van der Waals surface area contributed by atoms with Crippen molar-refractivity contribution in [1.29, 1.82) is 0 Å². The van der Waals surface area contributed by atoms with Crippen LogP contribution in [0.25, 0.3) is 0 Å². The Bertz CT molecular complexity index is 719. The van der Waals surface area contributed by atoms with Crippen LogP contribution >= 0.6 is 0 Å². The first-order valence-corrected chi connectivity index (χ1v) is 8.35. The smallest absolute Gasteiger partial charge is 0.255 e. The van der Waals surface area contributed by atoms with E-state index in [4.69, 9.17) is 0 Å². The van der Waals surface area contributed by atoms with E-state index in [1.54, 1.807) is 17.1 Å². The maximum absolute atomic E-state index is 12.4. The first-order valence-electron chi connectivity index (χ1n) is 8.35. The topological polar surface area (TPSA) is 59.0 Å². The normalized spacial score (nSPS) is 23.3. The average Bonchev–Trinajstić information content (AvgIpc) is 3.17. The van der Waals surface area contributed by atoms with E-state index in [0.29, 0.717) is 17.5 Å². The second-order valence-corrected chi connectivity index (χ2v) is 6.73. The molecule has 2 aromatic rings. The van der Waals surface area contributed by atoms with Crippen LogP contribution in [0.4, 0.5) is 5.69 Å². The van der Waals surface area contributed by atoms with Crippen LogP contribution in [-0.4, -0.2) is 27.8 Å². The van der Waals surface area contributed by atoms with Crippen LogP contribution in [0.1, 0.15) is 47.5 Å². The number of rotatable bonds is 5. The van der Waals surface area contributed by atoms with Gasteiger partial charge in [0.1, 0.15) is 0 Å². The summed E-state index contributed by atoms with van der Waals surface area (Å²) in [6.45, 7) is 0. The molecule has 2 N–H and O–H groups in total. The fourth-order valence-corrected chi connectivity index (χ4v) is 3.22. The lowest BCUT2D eigenvalue weighted by atomic mass is 9.93. The molecule has 0 spiro atoms. The summed E-state index contributed by atoms with van der Waals surface area (Å²) in [5.41, 5.74) is 2.69. The van der Waals surface area contributed by atoms with Crippen molar-refractivity contribution in [3.63, 3.8) is 0 Å². The van der Waals surface area contributed by atoms with Gasteiger partial charge in [-0.2, -0.15) is 5.10 Å². The van der Waals surface area contributed by atoms with Crippen molar-refractivity contribution in [1.82, 2.24) is 15.1 Å². The molecule has 2 fully saturated rings. The predicted octanol–water partition coefficient (Wildman–Crippen LogP) is 2.67. The van der Waals surface area contributed by atoms with Gasteiger partial charge in [0, 0.05) is 36.8 Å². The molecular weight excluding hydrogens is 288 g/mol. The van der Waals surface area contributed by atoms with Gasteiger partial charge in [-0.05, 0) is 37.0 Å². The van der Waals surface area contributed by atoms with Gasteiger partial charge >= 0.3 is 0 Å². The van der Waals surface area contributed by atoms with Gasteiger partial charge in [-0.3, -0.25) is 9.48 Å². The Kier molecular flexibility index (Phi) is 3.65. The Morgan fingerprint density at radius 2 is 2.22 bits per heavy atom. The molecular formula is C18H22N4O. The zero-order valence-corrected chi connectivity index (χ0v) is 13.3. The average molecular weight is 310 g/mol. The van der Waals surface area contributed by atoms with Gasteiger partial charge in [0.25, 0.3) is 5.91 Å². The summed E-state index contributed by atoms with van der Waals surface area (Å²) in [5, 5.41) is 10.7. The lowest BCUT2D eigenvalue weighted by Crippen LogP contribution is -2.37. The zero-order valence-electron chi connectivity index (χ0n) is 13.3. The first-order chi connectivity index (χ1) is 11.2. The lowest BCUT2D eigenvalue weighted by molar-refractivity contribution is 0.102. The van der Waals surface area contributed by atoms with Gasteiger partial charge in [0.2, 0.25) is 0 Å². The third kappa shape index (κ3) is 3.15. The van der Waals surface area contributed by atoms with Crippen LogP contribution in [0.5, 0.6) is 0 Å². The Morgan fingerprint density at radius 3 is 2.91 bits per heavy atom. The van der Waals surface area contributed by atoms with E-state index in [0.717, 1.165) is 11.7 Å². The molecule has 0 saturated heterocycles. The first kappa shape index (κ1) is 14.5. The number of anilines is 1. The highest BCUT2D eigenvalue weighted by Crippen LogP contribution is 2.42. The predicted molar refractivity (Wildman–Crippen MR) is 89.5 cm³/mol. The van der Waals surface area contributed by atoms with Gasteiger partial charge in [-0.1, -0.05) is 18.6 Å². The third-order valence-electron chi connectivity index (χ3n) is 4.89. The monoisotopic (exact) mass is 310 g/mol. The number of carbonyl (C=O) groups excluding carboxylic acids is 1. The molecule has 0 bridgehead atoms. The molecule has 2 saturated carbocycles. The number of nitrogens with one attached hydrogen (secondary N) is 2. The second-order valence-electron chi connectivity index (χ2n) is 6.73. The van der Waals surface area contributed by atoms with Gasteiger partial charge in [-0.25, -0.2) is 0 Å². The standard InChI is InChI=1S/C18H22N4O/c1-22-11-15(10-19-22)21-18(23)13-5-2-4-12(8-13)16-9-17(16)20-14-6-3-7-14/h2,4-5,8,10-11,14,16-17,20H,3,6-7,9H2,1H3,(H,21,23)/t16-,17+/m0/s1. The van der Waals surface area contributed by atoms with Crippen molar-refractivity contribution < 1.29 is 4.79 Å². The van der Waals surface area contributed by atoms with Crippen LogP contribution in [0.3, 0.4) is 0 Å². The Hall–Kier alpha value is -2.14. The van der Waals surface area contributed by atoms with Crippen LogP contribution in [0.2, 0.25) is 0 Å². The number of aromatic nitrogens is 2. The minimum atomic E-state index is -0.0796. The van der Waals surface area contributed by atoms with Gasteiger partial charge in [0.05, 0.1) is 11.9 Å². The Morgan fingerprint density at radius 1 is 1.35 bits per heavy atom. The van der Waals surface area contributed by atoms with Crippen LogP contribution < -0.4 is 10.6 Å². The molecule has 2 aliphatic rings. The highest BCUT2D eigenvalue weighted by molar-refractivity contribution is 6.04. The summed E-state index contributed by atoms with van der Waals surface area (Å²) in [6, 6.07) is 9.32. The summed E-state index contributed by atoms with van der Waals surface area (Å²) in [6.07, 6.45) is 8.62. The lowest BCUT2D eigenvalue weighted by Gasteiger charge is -2.26. The number of hydrogen-bond acceptors (Lipinski definition) is 3. The second kappa shape index (κ2) is 5.81. The Labute approximate surface area is 136 Å². The Balaban J connectivity index is 1.41. The minimum absolute atomic E-state index is 0.0796. The van der Waals surface area contributed by atoms with Crippen LogP contribution in [0.15, 0.2) is 36.7 Å². The molecule has 23 heavy (non-hydrogen) atoms. The van der Waals surface area contributed by atoms with Crippen molar-refractivity contribution in [3.8, 4) is 0 Å². The molecule has 2 aliphatic carbocycles. The summed E-state index contributed by atoms with van der Waals surface area (Å²) in [7, 11) is 1.83. The highest BCUT2D eigenvalue weighted by Gasteiger charge is 2.40. The van der Waals surface area contributed by atoms with E-state index in [1.165, 1.54) is 31.2 Å². The molecule has 1 aromatic carbocycles. The molecule has 4 rings (SSSR count). The van der Waals surface area contributed by atoms with Crippen molar-refractivity contribution in [2.75, 3.05) is 5.32 Å². The molecule has 5 nitrogen and oxygen atoms in total. The van der Waals surface area contributed by atoms with E-state index in [1.807, 2.05) is 25.2 Å².